The van der Waals surface area contributed by atoms with Crippen LogP contribution in [0.2, 0.25) is 0 Å². The van der Waals surface area contributed by atoms with E-state index >= 15 is 0 Å². The lowest BCUT2D eigenvalue weighted by atomic mass is 10.0. The SMILES string of the molecule is CC(/C=C/C=C/c1ccccc1)=N\NC(=O)COc1ccc(C(C)C)cc1. The van der Waals surface area contributed by atoms with Crippen LogP contribution in [0.15, 0.2) is 77.9 Å². The largest absolute Gasteiger partial charge is 0.484 e. The number of hydrazone groups is 1. The number of hydrogen-bond acceptors (Lipinski definition) is 3. The zero-order valence-electron chi connectivity index (χ0n) is 16.1. The molecule has 0 atom stereocenters. The molecule has 4 nitrogen and oxygen atoms in total. The standard InChI is InChI=1S/C23H26N2O2/c1-18(2)21-13-15-22(16-14-21)27-17-23(26)25-24-19(3)9-7-8-12-20-10-5-4-6-11-20/h4-16,18H,17H2,1-3H3,(H,25,26)/b9-7+,12-8+,24-19+. The van der Waals surface area contributed by atoms with Gasteiger partial charge in [0.15, 0.2) is 6.61 Å². The molecule has 1 N–H and O–H groups in total. The van der Waals surface area contributed by atoms with Crippen LogP contribution in [0.3, 0.4) is 0 Å². The van der Waals surface area contributed by atoms with Crippen LogP contribution >= 0.6 is 0 Å². The summed E-state index contributed by atoms with van der Waals surface area (Å²) in [5, 5.41) is 4.03. The number of hydrogen-bond donors (Lipinski definition) is 1. The first-order chi connectivity index (χ1) is 13.0. The summed E-state index contributed by atoms with van der Waals surface area (Å²) in [5.41, 5.74) is 5.55. The van der Waals surface area contributed by atoms with Crippen molar-refractivity contribution in [1.29, 1.82) is 0 Å². The lowest BCUT2D eigenvalue weighted by Crippen LogP contribution is -2.25. The molecule has 0 fully saturated rings. The minimum atomic E-state index is -0.296. The Hall–Kier alpha value is -3.14. The smallest absolute Gasteiger partial charge is 0.277 e. The van der Waals surface area contributed by atoms with Gasteiger partial charge in [0.1, 0.15) is 5.75 Å². The molecule has 1 amide bonds. The molecule has 2 rings (SSSR count). The van der Waals surface area contributed by atoms with Gasteiger partial charge in [-0.1, -0.05) is 74.5 Å². The average molecular weight is 362 g/mol. The van der Waals surface area contributed by atoms with E-state index in [0.29, 0.717) is 17.4 Å². The van der Waals surface area contributed by atoms with Crippen molar-refractivity contribution in [2.45, 2.75) is 26.7 Å². The van der Waals surface area contributed by atoms with Gasteiger partial charge in [-0.05, 0) is 42.2 Å². The summed E-state index contributed by atoms with van der Waals surface area (Å²) in [6.45, 7) is 6.01. The third kappa shape index (κ3) is 7.74. The highest BCUT2D eigenvalue weighted by Gasteiger charge is 2.03. The number of carbonyl (C=O) groups is 1. The van der Waals surface area contributed by atoms with E-state index in [4.69, 9.17) is 4.74 Å². The summed E-state index contributed by atoms with van der Waals surface area (Å²) >= 11 is 0. The lowest BCUT2D eigenvalue weighted by Gasteiger charge is -2.08. The first-order valence-corrected chi connectivity index (χ1v) is 9.00. The van der Waals surface area contributed by atoms with Crippen molar-refractivity contribution in [3.63, 3.8) is 0 Å². The number of allylic oxidation sites excluding steroid dienone is 3. The Balaban J connectivity index is 1.74. The molecule has 2 aromatic rings. The third-order valence-corrected chi connectivity index (χ3v) is 3.81. The van der Waals surface area contributed by atoms with Crippen molar-refractivity contribution in [3.8, 4) is 5.75 Å². The number of nitrogens with one attached hydrogen (secondary N) is 1. The second kappa shape index (κ2) is 10.8. The molecule has 0 unspecified atom stereocenters. The van der Waals surface area contributed by atoms with Gasteiger partial charge in [0, 0.05) is 0 Å². The molecule has 0 heterocycles. The van der Waals surface area contributed by atoms with E-state index in [9.17, 15) is 4.79 Å². The first kappa shape index (κ1) is 20.2. The van der Waals surface area contributed by atoms with Crippen molar-refractivity contribution >= 4 is 17.7 Å². The topological polar surface area (TPSA) is 50.7 Å². The summed E-state index contributed by atoms with van der Waals surface area (Å²) < 4.78 is 5.47. The Kier molecular flexibility index (Phi) is 8.04. The highest BCUT2D eigenvalue weighted by atomic mass is 16.5. The summed E-state index contributed by atoms with van der Waals surface area (Å²) in [7, 11) is 0. The van der Waals surface area contributed by atoms with Crippen molar-refractivity contribution in [1.82, 2.24) is 5.43 Å². The van der Waals surface area contributed by atoms with Crippen LogP contribution in [-0.2, 0) is 4.79 Å². The van der Waals surface area contributed by atoms with Gasteiger partial charge in [0.2, 0.25) is 0 Å². The van der Waals surface area contributed by atoms with E-state index in [1.54, 1.807) is 0 Å². The van der Waals surface area contributed by atoms with Crippen molar-refractivity contribution in [2.75, 3.05) is 6.61 Å². The molecule has 0 saturated carbocycles. The lowest BCUT2D eigenvalue weighted by molar-refractivity contribution is -0.123. The normalized spacial score (nSPS) is 12.1. The van der Waals surface area contributed by atoms with Crippen LogP contribution in [0, 0.1) is 0 Å². The Morgan fingerprint density at radius 1 is 1.07 bits per heavy atom. The van der Waals surface area contributed by atoms with Crippen LogP contribution in [-0.4, -0.2) is 18.2 Å². The highest BCUT2D eigenvalue weighted by molar-refractivity contribution is 5.94. The maximum atomic E-state index is 11.8. The Morgan fingerprint density at radius 2 is 1.78 bits per heavy atom. The van der Waals surface area contributed by atoms with Crippen LogP contribution in [0.25, 0.3) is 6.08 Å². The number of benzene rings is 2. The molecule has 27 heavy (non-hydrogen) atoms. The Bertz CT molecular complexity index is 804. The molecule has 0 aliphatic heterocycles. The molecular formula is C23H26N2O2. The molecule has 2 aromatic carbocycles. The molecule has 0 spiro atoms. The molecule has 0 aliphatic rings. The van der Waals surface area contributed by atoms with Crippen LogP contribution in [0.5, 0.6) is 5.75 Å². The first-order valence-electron chi connectivity index (χ1n) is 9.00. The zero-order chi connectivity index (χ0) is 19.5. The zero-order valence-corrected chi connectivity index (χ0v) is 16.1. The number of nitrogens with zero attached hydrogens (tertiary/aromatic N) is 1. The quantitative estimate of drug-likeness (QED) is 0.410. The molecule has 0 aromatic heterocycles. The predicted molar refractivity (Wildman–Crippen MR) is 112 cm³/mol. The van der Waals surface area contributed by atoms with Gasteiger partial charge in [-0.15, -0.1) is 0 Å². The molecule has 0 aliphatic carbocycles. The summed E-state index contributed by atoms with van der Waals surface area (Å²) in [4.78, 5) is 11.8. The van der Waals surface area contributed by atoms with Gasteiger partial charge in [-0.2, -0.15) is 5.10 Å². The van der Waals surface area contributed by atoms with Crippen molar-refractivity contribution in [2.24, 2.45) is 5.10 Å². The number of amides is 1. The second-order valence-electron chi connectivity index (χ2n) is 6.43. The van der Waals surface area contributed by atoms with E-state index in [1.807, 2.05) is 85.8 Å². The third-order valence-electron chi connectivity index (χ3n) is 3.81. The van der Waals surface area contributed by atoms with E-state index in [0.717, 1.165) is 5.56 Å². The molecule has 4 heteroatoms. The van der Waals surface area contributed by atoms with Gasteiger partial charge in [-0.25, -0.2) is 5.43 Å². The van der Waals surface area contributed by atoms with E-state index in [1.165, 1.54) is 5.56 Å². The van der Waals surface area contributed by atoms with Crippen molar-refractivity contribution in [3.05, 3.63) is 84.0 Å². The summed E-state index contributed by atoms with van der Waals surface area (Å²) in [6.07, 6.45) is 7.64. The van der Waals surface area contributed by atoms with Gasteiger partial charge < -0.3 is 4.74 Å². The molecular weight excluding hydrogens is 336 g/mol. The minimum Gasteiger partial charge on any atom is -0.484 e. The minimum absolute atomic E-state index is 0.0740. The highest BCUT2D eigenvalue weighted by Crippen LogP contribution is 2.18. The van der Waals surface area contributed by atoms with E-state index in [-0.39, 0.29) is 12.5 Å². The van der Waals surface area contributed by atoms with Crippen LogP contribution in [0.1, 0.15) is 37.8 Å². The van der Waals surface area contributed by atoms with Gasteiger partial charge >= 0.3 is 0 Å². The van der Waals surface area contributed by atoms with Gasteiger partial charge in [0.05, 0.1) is 5.71 Å². The molecule has 0 saturated heterocycles. The fraction of sp³-hybridized carbons (Fsp3) is 0.217. The second-order valence-corrected chi connectivity index (χ2v) is 6.43. The van der Waals surface area contributed by atoms with E-state index in [2.05, 4.69) is 24.4 Å². The number of rotatable bonds is 8. The van der Waals surface area contributed by atoms with Crippen molar-refractivity contribution < 1.29 is 9.53 Å². The summed E-state index contributed by atoms with van der Waals surface area (Å²) in [6, 6.07) is 17.8. The van der Waals surface area contributed by atoms with Gasteiger partial charge in [0.25, 0.3) is 5.91 Å². The molecule has 140 valence electrons. The molecule has 0 radical (unpaired) electrons. The maximum Gasteiger partial charge on any atom is 0.277 e. The average Bonchev–Trinajstić information content (AvgIpc) is 2.69. The van der Waals surface area contributed by atoms with Crippen LogP contribution in [0.4, 0.5) is 0 Å². The number of carbonyl (C=O) groups excluding carboxylic acids is 1. The maximum absolute atomic E-state index is 11.8. The predicted octanol–water partition coefficient (Wildman–Crippen LogP) is 4.95. The summed E-state index contributed by atoms with van der Waals surface area (Å²) in [5.74, 6) is 0.840. The number of ether oxygens (including phenoxy) is 1. The van der Waals surface area contributed by atoms with E-state index < -0.39 is 0 Å². The van der Waals surface area contributed by atoms with Crippen LogP contribution < -0.4 is 10.2 Å². The Morgan fingerprint density at radius 3 is 2.44 bits per heavy atom. The fourth-order valence-electron chi connectivity index (χ4n) is 2.24. The molecule has 0 bridgehead atoms. The monoisotopic (exact) mass is 362 g/mol. The fourth-order valence-corrected chi connectivity index (χ4v) is 2.24. The Labute approximate surface area is 161 Å². The van der Waals surface area contributed by atoms with Gasteiger partial charge in [-0.3, -0.25) is 4.79 Å².